The second kappa shape index (κ2) is 4.74. The van der Waals surface area contributed by atoms with Crippen LogP contribution in [0.5, 0.6) is 0 Å². The van der Waals surface area contributed by atoms with Gasteiger partial charge in [0.1, 0.15) is 0 Å². The lowest BCUT2D eigenvalue weighted by Crippen LogP contribution is -2.25. The smallest absolute Gasteiger partial charge is 0.153 e. The fraction of sp³-hybridized carbons (Fsp3) is 0.286. The van der Waals surface area contributed by atoms with Crippen molar-refractivity contribution in [2.24, 2.45) is 0 Å². The van der Waals surface area contributed by atoms with E-state index in [1.165, 1.54) is 11.1 Å². The van der Waals surface area contributed by atoms with Crippen LogP contribution >= 0.6 is 0 Å². The number of rotatable bonds is 2. The van der Waals surface area contributed by atoms with E-state index in [9.17, 15) is 0 Å². The van der Waals surface area contributed by atoms with Crippen LogP contribution in [0.25, 0.3) is 0 Å². The molecule has 1 aromatic heterocycles. The zero-order chi connectivity index (χ0) is 12.4. The van der Waals surface area contributed by atoms with E-state index in [2.05, 4.69) is 46.0 Å². The summed E-state index contributed by atoms with van der Waals surface area (Å²) < 4.78 is 0. The Morgan fingerprint density at radius 3 is 3.06 bits per heavy atom. The summed E-state index contributed by atoms with van der Waals surface area (Å²) in [4.78, 5) is 0. The van der Waals surface area contributed by atoms with Gasteiger partial charge in [0.05, 0.1) is 5.69 Å². The van der Waals surface area contributed by atoms with Gasteiger partial charge in [-0.25, -0.2) is 0 Å². The lowest BCUT2D eigenvalue weighted by Gasteiger charge is -2.16. The molecule has 0 unspecified atom stereocenters. The fourth-order valence-electron chi connectivity index (χ4n) is 2.18. The summed E-state index contributed by atoms with van der Waals surface area (Å²) in [5.74, 6) is 0.821. The summed E-state index contributed by atoms with van der Waals surface area (Å²) in [5, 5.41) is 15.1. The number of hydrogen-bond acceptors (Lipinski definition) is 4. The molecule has 4 nitrogen and oxygen atoms in total. The summed E-state index contributed by atoms with van der Waals surface area (Å²) in [6.45, 7) is 3.92. The van der Waals surface area contributed by atoms with Crippen molar-refractivity contribution in [1.29, 1.82) is 0 Å². The van der Waals surface area contributed by atoms with E-state index in [0.717, 1.165) is 36.7 Å². The van der Waals surface area contributed by atoms with Crippen molar-refractivity contribution < 1.29 is 0 Å². The van der Waals surface area contributed by atoms with Crippen molar-refractivity contribution >= 4 is 11.5 Å². The highest BCUT2D eigenvalue weighted by Crippen LogP contribution is 2.18. The van der Waals surface area contributed by atoms with Gasteiger partial charge in [-0.2, -0.15) is 5.10 Å². The molecule has 0 saturated heterocycles. The van der Waals surface area contributed by atoms with Gasteiger partial charge in [0.2, 0.25) is 0 Å². The zero-order valence-electron chi connectivity index (χ0n) is 10.4. The molecule has 0 spiro atoms. The molecule has 0 radical (unpaired) electrons. The van der Waals surface area contributed by atoms with Gasteiger partial charge in [-0.15, -0.1) is 5.10 Å². The lowest BCUT2D eigenvalue weighted by atomic mass is 10.1. The maximum Gasteiger partial charge on any atom is 0.153 e. The van der Waals surface area contributed by atoms with E-state index in [1.807, 2.05) is 12.1 Å². The molecule has 4 heteroatoms. The van der Waals surface area contributed by atoms with Gasteiger partial charge in [-0.3, -0.25) is 0 Å². The quantitative estimate of drug-likeness (QED) is 0.844. The van der Waals surface area contributed by atoms with Crippen LogP contribution in [-0.2, 0) is 13.0 Å². The van der Waals surface area contributed by atoms with Crippen LogP contribution in [-0.4, -0.2) is 16.7 Å². The van der Waals surface area contributed by atoms with Crippen LogP contribution in [0, 0.1) is 6.92 Å². The molecule has 1 aromatic carbocycles. The van der Waals surface area contributed by atoms with Crippen LogP contribution < -0.4 is 10.6 Å². The first-order chi connectivity index (χ1) is 8.81. The van der Waals surface area contributed by atoms with Gasteiger partial charge in [-0.05, 0) is 49.2 Å². The van der Waals surface area contributed by atoms with Gasteiger partial charge < -0.3 is 10.6 Å². The highest BCUT2D eigenvalue weighted by atomic mass is 15.2. The first-order valence-corrected chi connectivity index (χ1v) is 6.21. The predicted octanol–water partition coefficient (Wildman–Crippen LogP) is 2.17. The molecule has 0 bridgehead atoms. The van der Waals surface area contributed by atoms with Crippen LogP contribution in [0.2, 0.25) is 0 Å². The normalized spacial score (nSPS) is 14.1. The molecule has 0 saturated carbocycles. The molecule has 92 valence electrons. The first kappa shape index (κ1) is 11.2. The molecule has 18 heavy (non-hydrogen) atoms. The topological polar surface area (TPSA) is 49.8 Å². The van der Waals surface area contributed by atoms with Gasteiger partial charge >= 0.3 is 0 Å². The van der Waals surface area contributed by atoms with Crippen molar-refractivity contribution in [2.45, 2.75) is 19.9 Å². The van der Waals surface area contributed by atoms with E-state index in [-0.39, 0.29) is 0 Å². The lowest BCUT2D eigenvalue weighted by molar-refractivity contribution is 0.617. The Morgan fingerprint density at radius 2 is 2.17 bits per heavy atom. The minimum absolute atomic E-state index is 0.821. The average molecular weight is 240 g/mol. The molecule has 0 amide bonds. The Bertz CT molecular complexity index is 565. The molecule has 0 fully saturated rings. The van der Waals surface area contributed by atoms with Crippen LogP contribution in [0.15, 0.2) is 30.3 Å². The van der Waals surface area contributed by atoms with Gasteiger partial charge in [0, 0.05) is 12.2 Å². The summed E-state index contributed by atoms with van der Waals surface area (Å²) in [5.41, 5.74) is 4.64. The number of fused-ring (bicyclic) bond motifs is 1. The van der Waals surface area contributed by atoms with E-state index >= 15 is 0 Å². The maximum atomic E-state index is 4.26. The second-order valence-electron chi connectivity index (χ2n) is 4.62. The number of nitrogens with zero attached hydrogens (tertiary/aromatic N) is 2. The van der Waals surface area contributed by atoms with Gasteiger partial charge in [0.15, 0.2) is 5.82 Å². The molecular weight excluding hydrogens is 224 g/mol. The standard InChI is InChI=1S/C14H16N4/c1-10-3-2-4-12(7-10)16-14-8-11-5-6-15-9-13(11)17-18-14/h2-4,7-8,15H,5-6,9H2,1H3,(H,16,18). The molecule has 0 atom stereocenters. The molecule has 2 heterocycles. The SMILES string of the molecule is Cc1cccc(Nc2cc3c(nn2)CNCC3)c1. The van der Waals surface area contributed by atoms with Crippen molar-refractivity contribution in [1.82, 2.24) is 15.5 Å². The largest absolute Gasteiger partial charge is 0.339 e. The molecular formula is C14H16N4. The summed E-state index contributed by atoms with van der Waals surface area (Å²) >= 11 is 0. The Kier molecular flexibility index (Phi) is 2.94. The van der Waals surface area contributed by atoms with E-state index in [4.69, 9.17) is 0 Å². The molecule has 0 aliphatic carbocycles. The van der Waals surface area contributed by atoms with E-state index in [0.29, 0.717) is 0 Å². The summed E-state index contributed by atoms with van der Waals surface area (Å²) in [6.07, 6.45) is 1.02. The van der Waals surface area contributed by atoms with Gasteiger partial charge in [0.25, 0.3) is 0 Å². The number of benzene rings is 1. The third-order valence-electron chi connectivity index (χ3n) is 3.11. The first-order valence-electron chi connectivity index (χ1n) is 6.21. The van der Waals surface area contributed by atoms with Crippen molar-refractivity contribution in [3.63, 3.8) is 0 Å². The number of hydrogen-bond donors (Lipinski definition) is 2. The van der Waals surface area contributed by atoms with Gasteiger partial charge in [-0.1, -0.05) is 12.1 Å². The third-order valence-corrected chi connectivity index (χ3v) is 3.11. The third kappa shape index (κ3) is 2.33. The zero-order valence-corrected chi connectivity index (χ0v) is 10.4. The minimum Gasteiger partial charge on any atom is -0.339 e. The minimum atomic E-state index is 0.821. The molecule has 2 N–H and O–H groups in total. The number of aryl methyl sites for hydroxylation is 1. The van der Waals surface area contributed by atoms with E-state index in [1.54, 1.807) is 0 Å². The van der Waals surface area contributed by atoms with E-state index < -0.39 is 0 Å². The number of nitrogens with one attached hydrogen (secondary N) is 2. The van der Waals surface area contributed by atoms with Crippen molar-refractivity contribution in [3.05, 3.63) is 47.2 Å². The van der Waals surface area contributed by atoms with Crippen LogP contribution in [0.4, 0.5) is 11.5 Å². The maximum absolute atomic E-state index is 4.26. The Labute approximate surface area is 106 Å². The average Bonchev–Trinajstić information content (AvgIpc) is 2.39. The fourth-order valence-corrected chi connectivity index (χ4v) is 2.18. The number of anilines is 2. The Balaban J connectivity index is 1.85. The number of aromatic nitrogens is 2. The second-order valence-corrected chi connectivity index (χ2v) is 4.62. The van der Waals surface area contributed by atoms with Crippen LogP contribution in [0.1, 0.15) is 16.8 Å². The Morgan fingerprint density at radius 1 is 1.22 bits per heavy atom. The molecule has 1 aliphatic rings. The Hall–Kier alpha value is -1.94. The summed E-state index contributed by atoms with van der Waals surface area (Å²) in [7, 11) is 0. The predicted molar refractivity (Wildman–Crippen MR) is 71.9 cm³/mol. The highest BCUT2D eigenvalue weighted by molar-refractivity contribution is 5.57. The highest BCUT2D eigenvalue weighted by Gasteiger charge is 2.11. The molecule has 1 aliphatic heterocycles. The molecule has 3 rings (SSSR count). The summed E-state index contributed by atoms with van der Waals surface area (Å²) in [6, 6.07) is 10.4. The molecule has 2 aromatic rings. The van der Waals surface area contributed by atoms with Crippen molar-refractivity contribution in [3.8, 4) is 0 Å². The monoisotopic (exact) mass is 240 g/mol. The van der Waals surface area contributed by atoms with Crippen molar-refractivity contribution in [2.75, 3.05) is 11.9 Å². The van der Waals surface area contributed by atoms with Crippen LogP contribution in [0.3, 0.4) is 0 Å².